The van der Waals surface area contributed by atoms with Gasteiger partial charge < -0.3 is 10.1 Å². The van der Waals surface area contributed by atoms with Crippen LogP contribution in [-0.4, -0.2) is 43.9 Å². The fourth-order valence-electron chi connectivity index (χ4n) is 2.04. The van der Waals surface area contributed by atoms with Crippen LogP contribution in [0.15, 0.2) is 29.4 Å². The summed E-state index contributed by atoms with van der Waals surface area (Å²) in [5, 5.41) is 14.5. The van der Waals surface area contributed by atoms with Crippen LogP contribution in [0.3, 0.4) is 0 Å². The molecule has 0 aliphatic carbocycles. The van der Waals surface area contributed by atoms with E-state index in [0.717, 1.165) is 0 Å². The predicted molar refractivity (Wildman–Crippen MR) is 78.7 cm³/mol. The zero-order valence-electron chi connectivity index (χ0n) is 11.7. The van der Waals surface area contributed by atoms with Gasteiger partial charge in [0.05, 0.1) is 12.3 Å². The molecule has 1 unspecified atom stereocenters. The summed E-state index contributed by atoms with van der Waals surface area (Å²) >= 11 is 1.27. The number of hydrogen-bond donors (Lipinski definition) is 1. The lowest BCUT2D eigenvalue weighted by atomic mass is 10.3. The number of nitrogens with zero attached hydrogens (tertiary/aromatic N) is 4. The Hall–Kier alpha value is -2.42. The van der Waals surface area contributed by atoms with Crippen molar-refractivity contribution in [1.29, 1.82) is 0 Å². The normalized spacial score (nSPS) is 17.3. The van der Waals surface area contributed by atoms with Gasteiger partial charge >= 0.3 is 5.97 Å². The largest absolute Gasteiger partial charge is 0.465 e. The van der Waals surface area contributed by atoms with Gasteiger partial charge in [-0.15, -0.1) is 5.10 Å². The highest BCUT2D eigenvalue weighted by Gasteiger charge is 2.29. The molecule has 1 aromatic carbocycles. The van der Waals surface area contributed by atoms with Crippen molar-refractivity contribution < 1.29 is 14.3 Å². The van der Waals surface area contributed by atoms with Crippen LogP contribution in [0.5, 0.6) is 0 Å². The number of tetrazole rings is 1. The molecule has 114 valence electrons. The van der Waals surface area contributed by atoms with Crippen molar-refractivity contribution in [2.24, 2.45) is 0 Å². The van der Waals surface area contributed by atoms with E-state index in [9.17, 15) is 9.59 Å². The molecule has 1 amide bonds. The van der Waals surface area contributed by atoms with Gasteiger partial charge in [-0.2, -0.15) is 4.68 Å². The second-order valence-electron chi connectivity index (χ2n) is 4.67. The van der Waals surface area contributed by atoms with Gasteiger partial charge in [0.25, 0.3) is 0 Å². The minimum absolute atomic E-state index is 0.155. The molecule has 0 spiro atoms. The fraction of sp³-hybridized carbons (Fsp3) is 0.308. The summed E-state index contributed by atoms with van der Waals surface area (Å²) in [5.74, 6) is -0.399. The number of carbonyl (C=O) groups excluding carboxylic acids is 2. The van der Waals surface area contributed by atoms with Crippen LogP contribution in [0, 0.1) is 0 Å². The summed E-state index contributed by atoms with van der Waals surface area (Å²) in [4.78, 5) is 22.7. The van der Waals surface area contributed by atoms with Crippen LogP contribution in [-0.2, 0) is 14.3 Å². The minimum Gasteiger partial charge on any atom is -0.465 e. The molecule has 1 aliphatic heterocycles. The van der Waals surface area contributed by atoms with E-state index in [2.05, 4.69) is 20.8 Å². The lowest BCUT2D eigenvalue weighted by molar-refractivity contribution is -0.137. The summed E-state index contributed by atoms with van der Waals surface area (Å²) < 4.78 is 6.47. The monoisotopic (exact) mass is 319 g/mol. The minimum atomic E-state index is -0.289. The molecule has 22 heavy (non-hydrogen) atoms. The van der Waals surface area contributed by atoms with Gasteiger partial charge in [-0.05, 0) is 28.6 Å². The average Bonchev–Trinajstić information content (AvgIpc) is 3.09. The molecule has 1 N–H and O–H groups in total. The SMILES string of the molecule is CC(=O)Nc1cccc(-n2nnnc2SC2CCOC2=O)c1. The Balaban J connectivity index is 1.85. The Labute approximate surface area is 130 Å². The Morgan fingerprint density at radius 2 is 2.36 bits per heavy atom. The van der Waals surface area contributed by atoms with Gasteiger partial charge in [0.2, 0.25) is 11.1 Å². The highest BCUT2D eigenvalue weighted by atomic mass is 32.2. The van der Waals surface area contributed by atoms with Crippen molar-refractivity contribution in [3.05, 3.63) is 24.3 Å². The zero-order valence-corrected chi connectivity index (χ0v) is 12.5. The van der Waals surface area contributed by atoms with Crippen molar-refractivity contribution in [3.8, 4) is 5.69 Å². The number of aromatic nitrogens is 4. The number of cyclic esters (lactones) is 1. The number of amides is 1. The molecule has 3 rings (SSSR count). The number of carbonyl (C=O) groups is 2. The van der Waals surface area contributed by atoms with Crippen LogP contribution in [0.1, 0.15) is 13.3 Å². The van der Waals surface area contributed by atoms with Gasteiger partial charge in [0.15, 0.2) is 0 Å². The molecule has 2 heterocycles. The highest BCUT2D eigenvalue weighted by Crippen LogP contribution is 2.29. The van der Waals surface area contributed by atoms with Crippen LogP contribution >= 0.6 is 11.8 Å². The van der Waals surface area contributed by atoms with E-state index >= 15 is 0 Å². The van der Waals surface area contributed by atoms with Gasteiger partial charge in [-0.25, -0.2) is 0 Å². The zero-order chi connectivity index (χ0) is 15.5. The van der Waals surface area contributed by atoms with Gasteiger partial charge in [0.1, 0.15) is 5.25 Å². The smallest absolute Gasteiger partial charge is 0.319 e. The summed E-state index contributed by atoms with van der Waals surface area (Å²) in [7, 11) is 0. The highest BCUT2D eigenvalue weighted by molar-refractivity contribution is 8.00. The second-order valence-corrected chi connectivity index (χ2v) is 5.84. The number of esters is 1. The van der Waals surface area contributed by atoms with Crippen LogP contribution in [0.4, 0.5) is 5.69 Å². The molecule has 0 radical (unpaired) electrons. The lowest BCUT2D eigenvalue weighted by Gasteiger charge is -2.08. The molecule has 1 aliphatic rings. The molecule has 1 fully saturated rings. The molecule has 0 bridgehead atoms. The average molecular weight is 319 g/mol. The maximum Gasteiger partial charge on any atom is 0.319 e. The first-order chi connectivity index (χ1) is 10.6. The van der Waals surface area contributed by atoms with Crippen molar-refractivity contribution in [2.75, 3.05) is 11.9 Å². The van der Waals surface area contributed by atoms with E-state index in [-0.39, 0.29) is 17.1 Å². The van der Waals surface area contributed by atoms with Gasteiger partial charge in [-0.3, -0.25) is 9.59 Å². The molecule has 1 atom stereocenters. The van der Waals surface area contributed by atoms with E-state index in [4.69, 9.17) is 4.74 Å². The van der Waals surface area contributed by atoms with Gasteiger partial charge in [0, 0.05) is 19.0 Å². The molecule has 2 aromatic rings. The topological polar surface area (TPSA) is 99.0 Å². The second kappa shape index (κ2) is 6.14. The van der Waals surface area contributed by atoms with Crippen molar-refractivity contribution in [3.63, 3.8) is 0 Å². The Kier molecular flexibility index (Phi) is 4.05. The number of nitrogens with one attached hydrogen (secondary N) is 1. The number of rotatable bonds is 4. The number of anilines is 1. The number of benzene rings is 1. The maximum absolute atomic E-state index is 11.6. The van der Waals surface area contributed by atoms with E-state index in [1.165, 1.54) is 23.4 Å². The van der Waals surface area contributed by atoms with Crippen molar-refractivity contribution >= 4 is 29.3 Å². The summed E-state index contributed by atoms with van der Waals surface area (Å²) in [6.07, 6.45) is 0.641. The first kappa shape index (κ1) is 14.5. The third-order valence-electron chi connectivity index (χ3n) is 2.99. The summed E-state index contributed by atoms with van der Waals surface area (Å²) in [6, 6.07) is 7.14. The molecule has 0 saturated carbocycles. The van der Waals surface area contributed by atoms with E-state index in [0.29, 0.717) is 29.6 Å². The summed E-state index contributed by atoms with van der Waals surface area (Å²) in [6.45, 7) is 1.87. The van der Waals surface area contributed by atoms with E-state index < -0.39 is 0 Å². The third kappa shape index (κ3) is 3.08. The molecular weight excluding hydrogens is 306 g/mol. The number of thioether (sulfide) groups is 1. The lowest BCUT2D eigenvalue weighted by Crippen LogP contribution is -2.11. The Bertz CT molecular complexity index is 717. The maximum atomic E-state index is 11.6. The fourth-order valence-corrected chi connectivity index (χ4v) is 3.00. The summed E-state index contributed by atoms with van der Waals surface area (Å²) in [5.41, 5.74) is 1.35. The Morgan fingerprint density at radius 1 is 1.50 bits per heavy atom. The van der Waals surface area contributed by atoms with Crippen molar-refractivity contribution in [1.82, 2.24) is 20.2 Å². The van der Waals surface area contributed by atoms with Crippen LogP contribution < -0.4 is 5.32 Å². The van der Waals surface area contributed by atoms with Crippen molar-refractivity contribution in [2.45, 2.75) is 23.8 Å². The molecule has 8 nitrogen and oxygen atoms in total. The molecule has 1 aromatic heterocycles. The van der Waals surface area contributed by atoms with Crippen LogP contribution in [0.25, 0.3) is 5.69 Å². The predicted octanol–water partition coefficient (Wildman–Crippen LogP) is 1.03. The molecular formula is C13H13N5O3S. The first-order valence-electron chi connectivity index (χ1n) is 6.63. The standard InChI is InChI=1S/C13H13N5O3S/c1-8(19)14-9-3-2-4-10(7-9)18-13(15-16-17-18)22-11-5-6-21-12(11)20/h2-4,7,11H,5-6H2,1H3,(H,14,19). The van der Waals surface area contributed by atoms with E-state index in [1.54, 1.807) is 18.2 Å². The quantitative estimate of drug-likeness (QED) is 0.840. The number of ether oxygens (including phenoxy) is 1. The molecule has 1 saturated heterocycles. The van der Waals surface area contributed by atoms with Crippen LogP contribution in [0.2, 0.25) is 0 Å². The molecule has 9 heteroatoms. The number of hydrogen-bond acceptors (Lipinski definition) is 7. The third-order valence-corrected chi connectivity index (χ3v) is 4.16. The Morgan fingerprint density at radius 3 is 3.09 bits per heavy atom. The first-order valence-corrected chi connectivity index (χ1v) is 7.51. The van der Waals surface area contributed by atoms with E-state index in [1.807, 2.05) is 6.07 Å². The van der Waals surface area contributed by atoms with Gasteiger partial charge in [-0.1, -0.05) is 17.8 Å².